The molecule has 2 heteroatoms. The first-order valence-corrected chi connectivity index (χ1v) is 4.31. The molecule has 0 fully saturated rings. The van der Waals surface area contributed by atoms with E-state index in [9.17, 15) is 4.39 Å². The van der Waals surface area contributed by atoms with E-state index in [1.807, 2.05) is 30.3 Å². The van der Waals surface area contributed by atoms with Crippen molar-refractivity contribution in [3.8, 4) is 0 Å². The minimum absolute atomic E-state index is 0.479. The smallest absolute Gasteiger partial charge is 0.102 e. The molecule has 1 heterocycles. The van der Waals surface area contributed by atoms with Crippen LogP contribution in [0.5, 0.6) is 0 Å². The molecule has 0 saturated carbocycles. The average Bonchev–Trinajstić information content (AvgIpc) is 2.17. The Labute approximate surface area is 81.9 Å². The van der Waals surface area contributed by atoms with Crippen molar-refractivity contribution in [1.29, 1.82) is 0 Å². The standard InChI is InChI=1S/C12H9FN/c1-9(13)8-11-7-6-10-4-2-3-5-12(10)14-11/h2-8H,1H2/b9-8+. The van der Waals surface area contributed by atoms with Crippen molar-refractivity contribution in [1.82, 2.24) is 4.98 Å². The van der Waals surface area contributed by atoms with Gasteiger partial charge in [0.15, 0.2) is 0 Å². The number of hydrogen-bond donors (Lipinski definition) is 0. The Hall–Kier alpha value is -1.70. The highest BCUT2D eigenvalue weighted by Crippen LogP contribution is 2.13. The quantitative estimate of drug-likeness (QED) is 0.665. The van der Waals surface area contributed by atoms with Crippen molar-refractivity contribution < 1.29 is 4.39 Å². The van der Waals surface area contributed by atoms with E-state index in [0.29, 0.717) is 5.69 Å². The molecule has 1 radical (unpaired) electrons. The maximum absolute atomic E-state index is 12.5. The first-order chi connectivity index (χ1) is 6.75. The second kappa shape index (κ2) is 3.58. The van der Waals surface area contributed by atoms with Crippen LogP contribution in [0.25, 0.3) is 17.0 Å². The molecular formula is C12H9FN. The zero-order chi connectivity index (χ0) is 9.97. The van der Waals surface area contributed by atoms with Crippen LogP contribution in [0.2, 0.25) is 0 Å². The van der Waals surface area contributed by atoms with Crippen molar-refractivity contribution >= 4 is 17.0 Å². The van der Waals surface area contributed by atoms with Crippen LogP contribution in [0.15, 0.2) is 42.2 Å². The number of aromatic nitrogens is 1. The predicted octanol–water partition coefficient (Wildman–Crippen LogP) is 3.38. The fourth-order valence-electron chi connectivity index (χ4n) is 1.32. The van der Waals surface area contributed by atoms with E-state index in [0.717, 1.165) is 10.9 Å². The van der Waals surface area contributed by atoms with Crippen molar-refractivity contribution in [2.24, 2.45) is 0 Å². The third-order valence-corrected chi connectivity index (χ3v) is 1.92. The zero-order valence-corrected chi connectivity index (χ0v) is 7.57. The topological polar surface area (TPSA) is 12.9 Å². The number of allylic oxidation sites excluding steroid dienone is 1. The van der Waals surface area contributed by atoms with E-state index in [4.69, 9.17) is 0 Å². The fraction of sp³-hybridized carbons (Fsp3) is 0. The summed E-state index contributed by atoms with van der Waals surface area (Å²) in [6.07, 6.45) is 1.31. The first kappa shape index (κ1) is 8.88. The molecule has 1 aromatic heterocycles. The molecule has 0 unspecified atom stereocenters. The molecule has 0 N–H and O–H groups in total. The number of para-hydroxylation sites is 1. The molecule has 0 aliphatic rings. The largest absolute Gasteiger partial charge is 0.248 e. The summed E-state index contributed by atoms with van der Waals surface area (Å²) in [5, 5.41) is 1.05. The summed E-state index contributed by atoms with van der Waals surface area (Å²) in [6.45, 7) is 3.17. The number of halogens is 1. The van der Waals surface area contributed by atoms with Crippen LogP contribution >= 0.6 is 0 Å². The van der Waals surface area contributed by atoms with E-state index >= 15 is 0 Å². The molecule has 0 spiro atoms. The number of fused-ring (bicyclic) bond motifs is 1. The normalized spacial score (nSPS) is 12.0. The van der Waals surface area contributed by atoms with Crippen LogP contribution in [0.4, 0.5) is 4.39 Å². The zero-order valence-electron chi connectivity index (χ0n) is 7.57. The highest BCUT2D eigenvalue weighted by atomic mass is 19.1. The molecule has 1 aromatic carbocycles. The molecule has 0 aliphatic carbocycles. The molecule has 2 aromatic rings. The van der Waals surface area contributed by atoms with Crippen LogP contribution in [0.1, 0.15) is 5.69 Å². The summed E-state index contributed by atoms with van der Waals surface area (Å²) in [5.74, 6) is -0.479. The Bertz CT molecular complexity index is 484. The lowest BCUT2D eigenvalue weighted by atomic mass is 10.2. The monoisotopic (exact) mass is 186 g/mol. The molecule has 14 heavy (non-hydrogen) atoms. The molecule has 0 amide bonds. The second-order valence-corrected chi connectivity index (χ2v) is 3.02. The lowest BCUT2D eigenvalue weighted by molar-refractivity contribution is 0.672. The lowest BCUT2D eigenvalue weighted by Gasteiger charge is -1.97. The van der Waals surface area contributed by atoms with Gasteiger partial charge >= 0.3 is 0 Å². The molecule has 0 bridgehead atoms. The predicted molar refractivity (Wildman–Crippen MR) is 56.2 cm³/mol. The van der Waals surface area contributed by atoms with Gasteiger partial charge in [-0.25, -0.2) is 9.37 Å². The van der Waals surface area contributed by atoms with Crippen LogP contribution in [0, 0.1) is 6.92 Å². The van der Waals surface area contributed by atoms with E-state index < -0.39 is 5.83 Å². The van der Waals surface area contributed by atoms with Crippen molar-refractivity contribution in [2.45, 2.75) is 0 Å². The van der Waals surface area contributed by atoms with Gasteiger partial charge in [-0.1, -0.05) is 24.3 Å². The summed E-state index contributed by atoms with van der Waals surface area (Å²) < 4.78 is 12.5. The van der Waals surface area contributed by atoms with Crippen LogP contribution < -0.4 is 0 Å². The van der Waals surface area contributed by atoms with E-state index in [1.54, 1.807) is 6.07 Å². The maximum Gasteiger partial charge on any atom is 0.102 e. The van der Waals surface area contributed by atoms with Gasteiger partial charge in [0.25, 0.3) is 0 Å². The third kappa shape index (κ3) is 1.79. The van der Waals surface area contributed by atoms with Crippen molar-refractivity contribution in [2.75, 3.05) is 0 Å². The Morgan fingerprint density at radius 1 is 1.21 bits per heavy atom. The Kier molecular flexibility index (Phi) is 2.27. The maximum atomic E-state index is 12.5. The first-order valence-electron chi connectivity index (χ1n) is 4.31. The van der Waals surface area contributed by atoms with E-state index in [2.05, 4.69) is 11.9 Å². The summed E-state index contributed by atoms with van der Waals surface area (Å²) in [6, 6.07) is 11.4. The summed E-state index contributed by atoms with van der Waals surface area (Å²) in [4.78, 5) is 4.26. The molecule has 69 valence electrons. The van der Waals surface area contributed by atoms with Crippen LogP contribution in [-0.4, -0.2) is 4.98 Å². The summed E-state index contributed by atoms with van der Waals surface area (Å²) in [5.41, 5.74) is 1.46. The number of benzene rings is 1. The Balaban J connectivity index is 2.57. The minimum atomic E-state index is -0.479. The van der Waals surface area contributed by atoms with Gasteiger partial charge in [-0.3, -0.25) is 0 Å². The molecule has 1 nitrogen and oxygen atoms in total. The highest BCUT2D eigenvalue weighted by molar-refractivity contribution is 5.79. The van der Waals surface area contributed by atoms with Gasteiger partial charge in [-0.15, -0.1) is 0 Å². The lowest BCUT2D eigenvalue weighted by Crippen LogP contribution is -1.82. The Morgan fingerprint density at radius 2 is 2.00 bits per heavy atom. The number of hydrogen-bond acceptors (Lipinski definition) is 1. The van der Waals surface area contributed by atoms with E-state index in [1.165, 1.54) is 6.08 Å². The summed E-state index contributed by atoms with van der Waals surface area (Å²) in [7, 11) is 0. The van der Waals surface area contributed by atoms with Gasteiger partial charge in [-0.05, 0) is 18.2 Å². The average molecular weight is 186 g/mol. The third-order valence-electron chi connectivity index (χ3n) is 1.92. The molecule has 0 atom stereocenters. The highest BCUT2D eigenvalue weighted by Gasteiger charge is 1.95. The van der Waals surface area contributed by atoms with Crippen molar-refractivity contribution in [3.63, 3.8) is 0 Å². The number of rotatable bonds is 1. The van der Waals surface area contributed by atoms with Gasteiger partial charge in [0.1, 0.15) is 5.83 Å². The van der Waals surface area contributed by atoms with Crippen LogP contribution in [0.3, 0.4) is 0 Å². The SMILES string of the molecule is [CH2]/C(F)=C\c1ccc2ccccc2n1. The fourth-order valence-corrected chi connectivity index (χ4v) is 1.32. The van der Waals surface area contributed by atoms with Crippen molar-refractivity contribution in [3.05, 3.63) is 54.8 Å². The molecule has 2 rings (SSSR count). The number of pyridine rings is 1. The van der Waals surface area contributed by atoms with Gasteiger partial charge in [0, 0.05) is 12.3 Å². The van der Waals surface area contributed by atoms with Gasteiger partial charge < -0.3 is 0 Å². The Morgan fingerprint density at radius 3 is 2.79 bits per heavy atom. The van der Waals surface area contributed by atoms with Gasteiger partial charge in [0.05, 0.1) is 11.2 Å². The van der Waals surface area contributed by atoms with Gasteiger partial charge in [-0.2, -0.15) is 0 Å². The minimum Gasteiger partial charge on any atom is -0.248 e. The molecular weight excluding hydrogens is 177 g/mol. The summed E-state index contributed by atoms with van der Waals surface area (Å²) >= 11 is 0. The molecule has 0 saturated heterocycles. The molecule has 0 aliphatic heterocycles. The van der Waals surface area contributed by atoms with E-state index in [-0.39, 0.29) is 0 Å². The number of nitrogens with zero attached hydrogens (tertiary/aromatic N) is 1. The second-order valence-electron chi connectivity index (χ2n) is 3.02. The van der Waals surface area contributed by atoms with Crippen LogP contribution in [-0.2, 0) is 0 Å². The van der Waals surface area contributed by atoms with Gasteiger partial charge in [0.2, 0.25) is 0 Å².